The molecule has 2 N–H and O–H groups in total. The zero-order chi connectivity index (χ0) is 8.55. The number of hydrogen-bond acceptors (Lipinski definition) is 3. The van der Waals surface area contributed by atoms with Crippen molar-refractivity contribution in [1.82, 2.24) is 0 Å². The first-order valence-corrected chi connectivity index (χ1v) is 5.09. The van der Waals surface area contributed by atoms with E-state index in [1.54, 1.807) is 11.3 Å². The van der Waals surface area contributed by atoms with Gasteiger partial charge < -0.3 is 10.2 Å². The van der Waals surface area contributed by atoms with Gasteiger partial charge in [0.05, 0.1) is 0 Å². The summed E-state index contributed by atoms with van der Waals surface area (Å²) < 4.78 is 0. The van der Waals surface area contributed by atoms with E-state index in [-0.39, 0.29) is 5.92 Å². The van der Waals surface area contributed by atoms with Crippen LogP contribution in [-0.4, -0.2) is 16.5 Å². The van der Waals surface area contributed by atoms with Crippen LogP contribution >= 0.6 is 11.3 Å². The summed E-state index contributed by atoms with van der Waals surface area (Å²) in [6.45, 7) is 0. The third kappa shape index (κ3) is 1.28. The lowest BCUT2D eigenvalue weighted by molar-refractivity contribution is -0.0635. The van der Waals surface area contributed by atoms with Gasteiger partial charge in [-0.05, 0) is 36.3 Å². The average molecular weight is 184 g/mol. The number of thiophene rings is 1. The van der Waals surface area contributed by atoms with Crippen LogP contribution in [0.15, 0.2) is 11.4 Å². The summed E-state index contributed by atoms with van der Waals surface area (Å²) in [7, 11) is 0. The first kappa shape index (κ1) is 8.23. The summed E-state index contributed by atoms with van der Waals surface area (Å²) in [6, 6.07) is 2.02. The standard InChI is InChI=1S/C9H12O2S/c10-9(11)7-2-1-3-8-6(7)4-5-12-8/h4-5,7,9-11H,1-3H2. The smallest absolute Gasteiger partial charge is 0.158 e. The molecule has 0 saturated carbocycles. The number of fused-ring (bicyclic) bond motifs is 1. The normalized spacial score (nSPS) is 22.8. The Labute approximate surface area is 75.5 Å². The number of aliphatic hydroxyl groups excluding tert-OH is 1. The van der Waals surface area contributed by atoms with Gasteiger partial charge in [-0.15, -0.1) is 11.3 Å². The van der Waals surface area contributed by atoms with Crippen LogP contribution in [0.2, 0.25) is 0 Å². The van der Waals surface area contributed by atoms with Gasteiger partial charge in [-0.3, -0.25) is 0 Å². The number of hydrogen-bond donors (Lipinski definition) is 2. The van der Waals surface area contributed by atoms with E-state index in [1.807, 2.05) is 11.4 Å². The highest BCUT2D eigenvalue weighted by Gasteiger charge is 2.25. The van der Waals surface area contributed by atoms with Crippen molar-refractivity contribution in [1.29, 1.82) is 0 Å². The monoisotopic (exact) mass is 184 g/mol. The lowest BCUT2D eigenvalue weighted by Crippen LogP contribution is -2.20. The van der Waals surface area contributed by atoms with Crippen molar-refractivity contribution in [3.05, 3.63) is 21.9 Å². The average Bonchev–Trinajstić information content (AvgIpc) is 2.49. The highest BCUT2D eigenvalue weighted by Crippen LogP contribution is 2.36. The fraction of sp³-hybridized carbons (Fsp3) is 0.556. The molecule has 2 rings (SSSR count). The Balaban J connectivity index is 2.31. The van der Waals surface area contributed by atoms with E-state index in [1.165, 1.54) is 4.88 Å². The van der Waals surface area contributed by atoms with Crippen molar-refractivity contribution in [3.8, 4) is 0 Å². The molecular weight excluding hydrogens is 172 g/mol. The zero-order valence-corrected chi connectivity index (χ0v) is 7.55. The van der Waals surface area contributed by atoms with E-state index in [4.69, 9.17) is 10.2 Å². The largest absolute Gasteiger partial charge is 0.368 e. The van der Waals surface area contributed by atoms with E-state index in [9.17, 15) is 0 Å². The van der Waals surface area contributed by atoms with E-state index in [0.29, 0.717) is 0 Å². The molecule has 0 amide bonds. The molecule has 0 saturated heterocycles. The predicted molar refractivity (Wildman–Crippen MR) is 48.2 cm³/mol. The summed E-state index contributed by atoms with van der Waals surface area (Å²) in [5.41, 5.74) is 1.15. The van der Waals surface area contributed by atoms with E-state index in [0.717, 1.165) is 24.8 Å². The van der Waals surface area contributed by atoms with Gasteiger partial charge in [0.25, 0.3) is 0 Å². The second kappa shape index (κ2) is 3.17. The molecule has 0 aromatic carbocycles. The van der Waals surface area contributed by atoms with Crippen LogP contribution in [-0.2, 0) is 6.42 Å². The first-order valence-electron chi connectivity index (χ1n) is 4.21. The molecule has 0 spiro atoms. The Morgan fingerprint density at radius 3 is 3.08 bits per heavy atom. The van der Waals surface area contributed by atoms with E-state index in [2.05, 4.69) is 0 Å². The van der Waals surface area contributed by atoms with Crippen molar-refractivity contribution < 1.29 is 10.2 Å². The van der Waals surface area contributed by atoms with Gasteiger partial charge in [-0.25, -0.2) is 0 Å². The maximum absolute atomic E-state index is 9.10. The highest BCUT2D eigenvalue weighted by molar-refractivity contribution is 7.10. The van der Waals surface area contributed by atoms with E-state index < -0.39 is 6.29 Å². The van der Waals surface area contributed by atoms with Gasteiger partial charge in [0.1, 0.15) is 0 Å². The molecule has 2 nitrogen and oxygen atoms in total. The molecule has 0 fully saturated rings. The summed E-state index contributed by atoms with van der Waals surface area (Å²) in [6.07, 6.45) is 1.91. The lowest BCUT2D eigenvalue weighted by atomic mass is 9.87. The third-order valence-electron chi connectivity index (χ3n) is 2.46. The van der Waals surface area contributed by atoms with Crippen LogP contribution in [0.1, 0.15) is 29.2 Å². The minimum atomic E-state index is -1.18. The quantitative estimate of drug-likeness (QED) is 0.649. The topological polar surface area (TPSA) is 40.5 Å². The molecule has 1 heterocycles. The second-order valence-corrected chi connectivity index (χ2v) is 4.21. The number of aliphatic hydroxyl groups is 2. The second-order valence-electron chi connectivity index (χ2n) is 3.21. The Morgan fingerprint density at radius 2 is 2.33 bits per heavy atom. The Kier molecular flexibility index (Phi) is 2.17. The molecule has 1 aliphatic carbocycles. The maximum atomic E-state index is 9.10. The summed E-state index contributed by atoms with van der Waals surface area (Å²) in [5.74, 6) is -0.0417. The van der Waals surface area contributed by atoms with Crippen molar-refractivity contribution in [2.75, 3.05) is 0 Å². The summed E-state index contributed by atoms with van der Waals surface area (Å²) >= 11 is 1.72. The molecular formula is C9H12O2S. The fourth-order valence-electron chi connectivity index (χ4n) is 1.83. The summed E-state index contributed by atoms with van der Waals surface area (Å²) in [5, 5.41) is 20.2. The third-order valence-corrected chi connectivity index (χ3v) is 3.45. The first-order chi connectivity index (χ1) is 5.79. The lowest BCUT2D eigenvalue weighted by Gasteiger charge is -2.23. The molecule has 1 aliphatic rings. The van der Waals surface area contributed by atoms with Crippen LogP contribution in [0.3, 0.4) is 0 Å². The molecule has 1 aromatic heterocycles. The van der Waals surface area contributed by atoms with Gasteiger partial charge >= 0.3 is 0 Å². The molecule has 1 atom stereocenters. The molecule has 0 radical (unpaired) electrons. The van der Waals surface area contributed by atoms with Crippen LogP contribution in [0.25, 0.3) is 0 Å². The van der Waals surface area contributed by atoms with Crippen molar-refractivity contribution in [2.24, 2.45) is 0 Å². The maximum Gasteiger partial charge on any atom is 0.158 e. The van der Waals surface area contributed by atoms with Gasteiger partial charge in [0.15, 0.2) is 6.29 Å². The molecule has 3 heteroatoms. The van der Waals surface area contributed by atoms with Gasteiger partial charge in [-0.2, -0.15) is 0 Å². The fourth-order valence-corrected chi connectivity index (χ4v) is 2.83. The van der Waals surface area contributed by atoms with E-state index >= 15 is 0 Å². The molecule has 1 unspecified atom stereocenters. The van der Waals surface area contributed by atoms with Crippen molar-refractivity contribution >= 4 is 11.3 Å². The highest BCUT2D eigenvalue weighted by atomic mass is 32.1. The molecule has 0 bridgehead atoms. The Morgan fingerprint density at radius 1 is 1.50 bits per heavy atom. The summed E-state index contributed by atoms with van der Waals surface area (Å²) in [4.78, 5) is 1.33. The van der Waals surface area contributed by atoms with Gasteiger partial charge in [-0.1, -0.05) is 0 Å². The van der Waals surface area contributed by atoms with Crippen molar-refractivity contribution in [3.63, 3.8) is 0 Å². The minimum absolute atomic E-state index is 0.0417. The number of aryl methyl sites for hydroxylation is 1. The zero-order valence-electron chi connectivity index (χ0n) is 6.73. The van der Waals surface area contributed by atoms with Crippen LogP contribution < -0.4 is 0 Å². The van der Waals surface area contributed by atoms with Crippen LogP contribution in [0.4, 0.5) is 0 Å². The Bertz CT molecular complexity index is 267. The number of rotatable bonds is 1. The van der Waals surface area contributed by atoms with Crippen LogP contribution in [0.5, 0.6) is 0 Å². The SMILES string of the molecule is OC(O)C1CCCc2sccc21. The molecule has 1 aromatic rings. The molecule has 0 aliphatic heterocycles. The predicted octanol–water partition coefficient (Wildman–Crippen LogP) is 1.48. The Hall–Kier alpha value is -0.380. The van der Waals surface area contributed by atoms with Crippen molar-refractivity contribution in [2.45, 2.75) is 31.5 Å². The molecule has 66 valence electrons. The van der Waals surface area contributed by atoms with Gasteiger partial charge in [0.2, 0.25) is 0 Å². The van der Waals surface area contributed by atoms with Crippen LogP contribution in [0, 0.1) is 0 Å². The van der Waals surface area contributed by atoms with Gasteiger partial charge in [0, 0.05) is 10.8 Å². The molecule has 12 heavy (non-hydrogen) atoms. The minimum Gasteiger partial charge on any atom is -0.368 e.